The molecule has 1 unspecified atom stereocenters. The molecule has 102 valence electrons. The maximum Gasteiger partial charge on any atom is 0.137 e. The molecule has 0 aromatic carbocycles. The van der Waals surface area contributed by atoms with Crippen molar-refractivity contribution in [2.24, 2.45) is 0 Å². The molecule has 1 heterocycles. The Morgan fingerprint density at radius 3 is 2.67 bits per heavy atom. The van der Waals surface area contributed by atoms with Crippen LogP contribution >= 0.6 is 11.8 Å². The van der Waals surface area contributed by atoms with Crippen LogP contribution in [0.1, 0.15) is 32.3 Å². The van der Waals surface area contributed by atoms with Gasteiger partial charge in [0.05, 0.1) is 0 Å². The van der Waals surface area contributed by atoms with Gasteiger partial charge in [0, 0.05) is 24.4 Å². The molecule has 0 bridgehead atoms. The van der Waals surface area contributed by atoms with Gasteiger partial charge in [-0.15, -0.1) is 0 Å². The summed E-state index contributed by atoms with van der Waals surface area (Å²) in [5, 5.41) is 0. The molecule has 5 heteroatoms. The Labute approximate surface area is 114 Å². The molecule has 1 rings (SSSR count). The van der Waals surface area contributed by atoms with Crippen LogP contribution in [0.15, 0.2) is 6.33 Å². The topological polar surface area (TPSA) is 55.0 Å². The first-order valence-electron chi connectivity index (χ1n) is 6.46. The molecule has 4 nitrogen and oxygen atoms in total. The smallest absolute Gasteiger partial charge is 0.137 e. The van der Waals surface area contributed by atoms with E-state index in [1.807, 2.05) is 11.8 Å². The SMILES string of the molecule is CCCc1c(N)ncnc1N(C)C(CC)CSC. The molecule has 0 aliphatic rings. The van der Waals surface area contributed by atoms with Crippen LogP contribution in [0.25, 0.3) is 0 Å². The lowest BCUT2D eigenvalue weighted by atomic mass is 10.1. The summed E-state index contributed by atoms with van der Waals surface area (Å²) in [6.45, 7) is 4.36. The number of nitrogen functional groups attached to an aromatic ring is 1. The van der Waals surface area contributed by atoms with Crippen LogP contribution < -0.4 is 10.6 Å². The number of nitrogens with zero attached hydrogens (tertiary/aromatic N) is 3. The summed E-state index contributed by atoms with van der Waals surface area (Å²) >= 11 is 1.86. The van der Waals surface area contributed by atoms with Gasteiger partial charge >= 0.3 is 0 Å². The fourth-order valence-electron chi connectivity index (χ4n) is 2.08. The monoisotopic (exact) mass is 268 g/mol. The average molecular weight is 268 g/mol. The van der Waals surface area contributed by atoms with Crippen LogP contribution in [0, 0.1) is 0 Å². The van der Waals surface area contributed by atoms with Crippen LogP contribution in [0.4, 0.5) is 11.6 Å². The Bertz CT molecular complexity index is 370. The number of nitrogens with two attached hydrogens (primary N) is 1. The third-order valence-electron chi connectivity index (χ3n) is 3.17. The van der Waals surface area contributed by atoms with Crippen molar-refractivity contribution in [3.63, 3.8) is 0 Å². The van der Waals surface area contributed by atoms with Crippen molar-refractivity contribution in [3.8, 4) is 0 Å². The number of aromatic nitrogens is 2. The van der Waals surface area contributed by atoms with E-state index in [0.717, 1.165) is 36.4 Å². The maximum atomic E-state index is 5.98. The van der Waals surface area contributed by atoms with Gasteiger partial charge in [-0.05, 0) is 19.1 Å². The molecule has 1 aromatic rings. The normalized spacial score (nSPS) is 12.4. The second-order valence-corrected chi connectivity index (χ2v) is 5.35. The third kappa shape index (κ3) is 3.51. The van der Waals surface area contributed by atoms with Crippen molar-refractivity contribution in [2.75, 3.05) is 29.7 Å². The van der Waals surface area contributed by atoms with E-state index in [0.29, 0.717) is 11.9 Å². The first-order valence-corrected chi connectivity index (χ1v) is 7.86. The molecule has 1 atom stereocenters. The van der Waals surface area contributed by atoms with Crippen molar-refractivity contribution in [3.05, 3.63) is 11.9 Å². The van der Waals surface area contributed by atoms with Gasteiger partial charge in [-0.25, -0.2) is 9.97 Å². The van der Waals surface area contributed by atoms with Gasteiger partial charge in [-0.1, -0.05) is 20.3 Å². The molecule has 0 amide bonds. The number of rotatable bonds is 7. The van der Waals surface area contributed by atoms with Crippen LogP contribution in [-0.2, 0) is 6.42 Å². The Morgan fingerprint density at radius 2 is 2.11 bits per heavy atom. The lowest BCUT2D eigenvalue weighted by molar-refractivity contribution is 0.660. The highest BCUT2D eigenvalue weighted by molar-refractivity contribution is 7.98. The number of anilines is 2. The number of thioether (sulfide) groups is 1. The van der Waals surface area contributed by atoms with Gasteiger partial charge in [0.2, 0.25) is 0 Å². The van der Waals surface area contributed by atoms with Crippen molar-refractivity contribution in [1.29, 1.82) is 0 Å². The first kappa shape index (κ1) is 15.1. The molecule has 2 N–H and O–H groups in total. The summed E-state index contributed by atoms with van der Waals surface area (Å²) in [5.74, 6) is 2.71. The summed E-state index contributed by atoms with van der Waals surface area (Å²) in [6.07, 6.45) is 6.79. The molecular weight excluding hydrogens is 244 g/mol. The molecule has 0 fully saturated rings. The largest absolute Gasteiger partial charge is 0.383 e. The zero-order valence-electron chi connectivity index (χ0n) is 11.8. The Kier molecular flexibility index (Phi) is 6.25. The lowest BCUT2D eigenvalue weighted by Gasteiger charge is -2.29. The van der Waals surface area contributed by atoms with E-state index in [-0.39, 0.29) is 0 Å². The fraction of sp³-hybridized carbons (Fsp3) is 0.692. The van der Waals surface area contributed by atoms with Gasteiger partial charge in [0.1, 0.15) is 18.0 Å². The summed E-state index contributed by atoms with van der Waals surface area (Å²) in [6, 6.07) is 0.491. The van der Waals surface area contributed by atoms with Gasteiger partial charge in [-0.2, -0.15) is 11.8 Å². The minimum absolute atomic E-state index is 0.491. The van der Waals surface area contributed by atoms with E-state index in [9.17, 15) is 0 Å². The third-order valence-corrected chi connectivity index (χ3v) is 3.89. The van der Waals surface area contributed by atoms with E-state index < -0.39 is 0 Å². The van der Waals surface area contributed by atoms with Crippen LogP contribution in [0.3, 0.4) is 0 Å². The zero-order chi connectivity index (χ0) is 13.5. The average Bonchev–Trinajstić information content (AvgIpc) is 2.37. The highest BCUT2D eigenvalue weighted by Crippen LogP contribution is 2.25. The molecule has 0 aliphatic heterocycles. The fourth-order valence-corrected chi connectivity index (χ4v) is 2.92. The van der Waals surface area contributed by atoms with Crippen LogP contribution in [0.2, 0.25) is 0 Å². The van der Waals surface area contributed by atoms with E-state index in [4.69, 9.17) is 5.73 Å². The number of hydrogen-bond donors (Lipinski definition) is 1. The van der Waals surface area contributed by atoms with Gasteiger partial charge in [-0.3, -0.25) is 0 Å². The minimum atomic E-state index is 0.491. The highest BCUT2D eigenvalue weighted by Gasteiger charge is 2.18. The first-order chi connectivity index (χ1) is 8.65. The molecule has 0 saturated carbocycles. The van der Waals surface area contributed by atoms with Gasteiger partial charge in [0.15, 0.2) is 0 Å². The summed E-state index contributed by atoms with van der Waals surface area (Å²) in [4.78, 5) is 10.8. The predicted octanol–water partition coefficient (Wildman–Crippen LogP) is 2.59. The molecule has 1 aromatic heterocycles. The molecule has 0 saturated heterocycles. The summed E-state index contributed by atoms with van der Waals surface area (Å²) in [7, 11) is 2.10. The highest BCUT2D eigenvalue weighted by atomic mass is 32.2. The zero-order valence-corrected chi connectivity index (χ0v) is 12.6. The lowest BCUT2D eigenvalue weighted by Crippen LogP contribution is -2.34. The molecule has 18 heavy (non-hydrogen) atoms. The van der Waals surface area contributed by atoms with Crippen molar-refractivity contribution in [2.45, 2.75) is 39.2 Å². The molecule has 0 aliphatic carbocycles. The quantitative estimate of drug-likeness (QED) is 0.823. The molecular formula is C13H24N4S. The van der Waals surface area contributed by atoms with Crippen molar-refractivity contribution < 1.29 is 0 Å². The van der Waals surface area contributed by atoms with Gasteiger partial charge in [0.25, 0.3) is 0 Å². The van der Waals surface area contributed by atoms with Crippen LogP contribution in [-0.4, -0.2) is 35.1 Å². The second kappa shape index (κ2) is 7.46. The Balaban J connectivity index is 3.03. The summed E-state index contributed by atoms with van der Waals surface area (Å²) < 4.78 is 0. The summed E-state index contributed by atoms with van der Waals surface area (Å²) in [5.41, 5.74) is 7.06. The van der Waals surface area contributed by atoms with Crippen molar-refractivity contribution in [1.82, 2.24) is 9.97 Å². The van der Waals surface area contributed by atoms with E-state index in [2.05, 4.69) is 42.0 Å². The standard InChI is InChI=1S/C13H24N4S/c1-5-7-11-12(14)15-9-16-13(11)17(3)10(6-2)8-18-4/h9-10H,5-8H2,1-4H3,(H2,14,15,16). The van der Waals surface area contributed by atoms with E-state index in [1.54, 1.807) is 6.33 Å². The van der Waals surface area contributed by atoms with Crippen molar-refractivity contribution >= 4 is 23.4 Å². The minimum Gasteiger partial charge on any atom is -0.383 e. The maximum absolute atomic E-state index is 5.98. The molecule has 0 spiro atoms. The van der Waals surface area contributed by atoms with E-state index >= 15 is 0 Å². The molecule has 0 radical (unpaired) electrons. The Hall–Kier alpha value is -0.970. The van der Waals surface area contributed by atoms with Gasteiger partial charge < -0.3 is 10.6 Å². The Morgan fingerprint density at radius 1 is 1.39 bits per heavy atom. The second-order valence-electron chi connectivity index (χ2n) is 4.44. The number of hydrogen-bond acceptors (Lipinski definition) is 5. The van der Waals surface area contributed by atoms with E-state index in [1.165, 1.54) is 0 Å². The van der Waals surface area contributed by atoms with Crippen LogP contribution in [0.5, 0.6) is 0 Å². The predicted molar refractivity (Wildman–Crippen MR) is 81.3 cm³/mol.